The summed E-state index contributed by atoms with van der Waals surface area (Å²) in [5.74, 6) is 0. The van der Waals surface area contributed by atoms with E-state index in [-0.39, 0.29) is 0 Å². The zero-order chi connectivity index (χ0) is 14.5. The van der Waals surface area contributed by atoms with Crippen molar-refractivity contribution in [3.63, 3.8) is 0 Å². The van der Waals surface area contributed by atoms with Gasteiger partial charge in [0.05, 0.1) is 0 Å². The first-order valence-corrected chi connectivity index (χ1v) is 7.56. The van der Waals surface area contributed by atoms with Crippen molar-refractivity contribution in [1.82, 2.24) is 10.2 Å². The summed E-state index contributed by atoms with van der Waals surface area (Å²) < 4.78 is 0. The normalized spacial score (nSPS) is 13.3. The molecule has 0 fully saturated rings. The van der Waals surface area contributed by atoms with Crippen molar-refractivity contribution in [2.75, 3.05) is 20.1 Å². The van der Waals surface area contributed by atoms with Crippen molar-refractivity contribution >= 4 is 10.8 Å². The Morgan fingerprint density at radius 1 is 1.05 bits per heavy atom. The Morgan fingerprint density at radius 2 is 1.75 bits per heavy atom. The molecule has 108 valence electrons. The number of benzene rings is 2. The summed E-state index contributed by atoms with van der Waals surface area (Å²) in [7, 11) is 2.06. The van der Waals surface area contributed by atoms with Crippen LogP contribution >= 0.6 is 0 Å². The maximum absolute atomic E-state index is 3.49. The molecule has 0 bridgehead atoms. The van der Waals surface area contributed by atoms with E-state index in [1.54, 1.807) is 0 Å². The first-order chi connectivity index (χ1) is 9.67. The molecule has 2 nitrogen and oxygen atoms in total. The van der Waals surface area contributed by atoms with Gasteiger partial charge in [0.1, 0.15) is 0 Å². The molecular formula is C18H26N2. The predicted molar refractivity (Wildman–Crippen MR) is 88.1 cm³/mol. The summed E-state index contributed by atoms with van der Waals surface area (Å²) in [5, 5.41) is 6.16. The Balaban J connectivity index is 2.34. The van der Waals surface area contributed by atoms with Crippen LogP contribution in [-0.4, -0.2) is 31.1 Å². The lowest BCUT2D eigenvalue weighted by atomic mass is 9.98. The molecule has 0 radical (unpaired) electrons. The predicted octanol–water partition coefficient (Wildman–Crippen LogP) is 3.83. The van der Waals surface area contributed by atoms with Gasteiger partial charge in [0.15, 0.2) is 0 Å². The van der Waals surface area contributed by atoms with Crippen LogP contribution in [0.2, 0.25) is 0 Å². The smallest absolute Gasteiger partial charge is 0.0453 e. The quantitative estimate of drug-likeness (QED) is 0.858. The van der Waals surface area contributed by atoms with E-state index >= 15 is 0 Å². The van der Waals surface area contributed by atoms with Crippen molar-refractivity contribution in [2.24, 2.45) is 0 Å². The minimum Gasteiger partial charge on any atom is -0.312 e. The molecule has 0 aliphatic carbocycles. The van der Waals surface area contributed by atoms with Crippen LogP contribution in [0.4, 0.5) is 0 Å². The lowest BCUT2D eigenvalue weighted by Gasteiger charge is -2.30. The van der Waals surface area contributed by atoms with Gasteiger partial charge in [-0.05, 0) is 43.8 Å². The summed E-state index contributed by atoms with van der Waals surface area (Å²) in [6.07, 6.45) is 0. The molecule has 1 unspecified atom stereocenters. The molecule has 2 aromatic rings. The van der Waals surface area contributed by atoms with Crippen molar-refractivity contribution in [1.29, 1.82) is 0 Å². The zero-order valence-electron chi connectivity index (χ0n) is 13.1. The molecule has 0 spiro atoms. The van der Waals surface area contributed by atoms with E-state index in [2.05, 4.69) is 80.5 Å². The maximum atomic E-state index is 3.49. The first kappa shape index (κ1) is 15.0. The molecule has 20 heavy (non-hydrogen) atoms. The fourth-order valence-electron chi connectivity index (χ4n) is 2.84. The second kappa shape index (κ2) is 6.87. The maximum Gasteiger partial charge on any atom is 0.0453 e. The zero-order valence-corrected chi connectivity index (χ0v) is 13.1. The van der Waals surface area contributed by atoms with Gasteiger partial charge in [-0.25, -0.2) is 0 Å². The average Bonchev–Trinajstić information content (AvgIpc) is 2.48. The lowest BCUT2D eigenvalue weighted by Crippen LogP contribution is -2.38. The molecular weight excluding hydrogens is 244 g/mol. The Hall–Kier alpha value is -1.38. The fourth-order valence-corrected chi connectivity index (χ4v) is 2.84. The van der Waals surface area contributed by atoms with E-state index in [0.717, 1.165) is 13.1 Å². The van der Waals surface area contributed by atoms with E-state index < -0.39 is 0 Å². The standard InChI is InChI=1S/C18H26N2/c1-5-20(14(2)3)13-18(19-4)17-12-8-10-15-9-6-7-11-16(15)17/h6-12,14,18-19H,5,13H2,1-4H3. The summed E-state index contributed by atoms with van der Waals surface area (Å²) in [5.41, 5.74) is 1.39. The second-order valence-corrected chi connectivity index (χ2v) is 5.59. The summed E-state index contributed by atoms with van der Waals surface area (Å²) in [6, 6.07) is 16.2. The van der Waals surface area contributed by atoms with Crippen LogP contribution in [0.1, 0.15) is 32.4 Å². The number of likely N-dealkylation sites (N-methyl/N-ethyl adjacent to an activating group) is 2. The van der Waals surface area contributed by atoms with Gasteiger partial charge in [0.25, 0.3) is 0 Å². The van der Waals surface area contributed by atoms with Gasteiger partial charge >= 0.3 is 0 Å². The van der Waals surface area contributed by atoms with Crippen LogP contribution in [0.3, 0.4) is 0 Å². The second-order valence-electron chi connectivity index (χ2n) is 5.59. The molecule has 0 aliphatic heterocycles. The Bertz CT molecular complexity index is 543. The fraction of sp³-hybridized carbons (Fsp3) is 0.444. The van der Waals surface area contributed by atoms with Crippen LogP contribution in [0.25, 0.3) is 10.8 Å². The third-order valence-electron chi connectivity index (χ3n) is 4.10. The summed E-state index contributed by atoms with van der Waals surface area (Å²) in [4.78, 5) is 2.50. The van der Waals surface area contributed by atoms with Crippen LogP contribution in [0.15, 0.2) is 42.5 Å². The van der Waals surface area contributed by atoms with Crippen LogP contribution in [-0.2, 0) is 0 Å². The third kappa shape index (κ3) is 3.20. The topological polar surface area (TPSA) is 15.3 Å². The minimum absolute atomic E-state index is 0.364. The number of nitrogens with one attached hydrogen (secondary N) is 1. The third-order valence-corrected chi connectivity index (χ3v) is 4.10. The van der Waals surface area contributed by atoms with Crippen molar-refractivity contribution in [3.05, 3.63) is 48.0 Å². The van der Waals surface area contributed by atoms with E-state index in [9.17, 15) is 0 Å². The molecule has 0 saturated carbocycles. The monoisotopic (exact) mass is 270 g/mol. The Labute approximate surface area is 122 Å². The number of rotatable bonds is 6. The van der Waals surface area contributed by atoms with Gasteiger partial charge < -0.3 is 5.32 Å². The van der Waals surface area contributed by atoms with Gasteiger partial charge in [-0.15, -0.1) is 0 Å². The number of fused-ring (bicyclic) bond motifs is 1. The highest BCUT2D eigenvalue weighted by Gasteiger charge is 2.17. The Morgan fingerprint density at radius 3 is 2.40 bits per heavy atom. The number of nitrogens with zero attached hydrogens (tertiary/aromatic N) is 1. The van der Waals surface area contributed by atoms with E-state index in [1.807, 2.05) is 0 Å². The van der Waals surface area contributed by atoms with Gasteiger partial charge in [-0.3, -0.25) is 4.90 Å². The average molecular weight is 270 g/mol. The van der Waals surface area contributed by atoms with Crippen LogP contribution in [0, 0.1) is 0 Å². The van der Waals surface area contributed by atoms with Gasteiger partial charge in [0.2, 0.25) is 0 Å². The number of hydrogen-bond acceptors (Lipinski definition) is 2. The van der Waals surface area contributed by atoms with Crippen molar-refractivity contribution < 1.29 is 0 Å². The molecule has 1 N–H and O–H groups in total. The molecule has 2 heteroatoms. The van der Waals surface area contributed by atoms with Gasteiger partial charge in [-0.2, -0.15) is 0 Å². The highest BCUT2D eigenvalue weighted by atomic mass is 15.2. The molecule has 2 aromatic carbocycles. The molecule has 0 amide bonds. The molecule has 1 atom stereocenters. The van der Waals surface area contributed by atoms with Gasteiger partial charge in [-0.1, -0.05) is 49.4 Å². The molecule has 0 saturated heterocycles. The molecule has 0 heterocycles. The van der Waals surface area contributed by atoms with E-state index in [1.165, 1.54) is 16.3 Å². The van der Waals surface area contributed by atoms with E-state index in [4.69, 9.17) is 0 Å². The van der Waals surface area contributed by atoms with Crippen LogP contribution < -0.4 is 5.32 Å². The highest BCUT2D eigenvalue weighted by Crippen LogP contribution is 2.25. The number of hydrogen-bond donors (Lipinski definition) is 1. The van der Waals surface area contributed by atoms with Crippen molar-refractivity contribution in [2.45, 2.75) is 32.9 Å². The molecule has 2 rings (SSSR count). The SMILES string of the molecule is CCN(CC(NC)c1cccc2ccccc12)C(C)C. The minimum atomic E-state index is 0.364. The summed E-state index contributed by atoms with van der Waals surface area (Å²) in [6.45, 7) is 8.88. The molecule has 0 aliphatic rings. The largest absolute Gasteiger partial charge is 0.312 e. The highest BCUT2D eigenvalue weighted by molar-refractivity contribution is 5.86. The molecule has 0 aromatic heterocycles. The van der Waals surface area contributed by atoms with Gasteiger partial charge in [0, 0.05) is 18.6 Å². The van der Waals surface area contributed by atoms with E-state index in [0.29, 0.717) is 12.1 Å². The first-order valence-electron chi connectivity index (χ1n) is 7.56. The van der Waals surface area contributed by atoms with Crippen molar-refractivity contribution in [3.8, 4) is 0 Å². The Kier molecular flexibility index (Phi) is 5.16. The van der Waals surface area contributed by atoms with Crippen LogP contribution in [0.5, 0.6) is 0 Å². The summed E-state index contributed by atoms with van der Waals surface area (Å²) >= 11 is 0. The lowest BCUT2D eigenvalue weighted by molar-refractivity contribution is 0.211.